The SMILES string of the molecule is C=C.CC.CC/C=C\C=C(/C)Cl.CF. The van der Waals surface area contributed by atoms with E-state index < -0.39 is 0 Å². The van der Waals surface area contributed by atoms with Crippen molar-refractivity contribution in [2.75, 3.05) is 7.18 Å². The van der Waals surface area contributed by atoms with E-state index in [1.165, 1.54) is 0 Å². The van der Waals surface area contributed by atoms with Crippen LogP contribution in [0.2, 0.25) is 0 Å². The lowest BCUT2D eigenvalue weighted by Gasteiger charge is -1.77. The molecule has 2 heteroatoms. The van der Waals surface area contributed by atoms with Crippen molar-refractivity contribution in [3.63, 3.8) is 0 Å². The van der Waals surface area contributed by atoms with Gasteiger partial charge in [-0.3, -0.25) is 4.39 Å². The molecule has 0 bridgehead atoms. The van der Waals surface area contributed by atoms with Crippen LogP contribution in [-0.4, -0.2) is 7.18 Å². The third-order valence-electron chi connectivity index (χ3n) is 0.698. The molecule has 0 radical (unpaired) electrons. The largest absolute Gasteiger partial charge is 0.255 e. The number of alkyl halides is 1. The zero-order valence-corrected chi connectivity index (χ0v) is 10.9. The fourth-order valence-corrected chi connectivity index (χ4v) is 0.409. The van der Waals surface area contributed by atoms with Crippen molar-refractivity contribution in [3.05, 3.63) is 36.4 Å². The number of hydrogen-bond donors (Lipinski definition) is 0. The summed E-state index contributed by atoms with van der Waals surface area (Å²) >= 11 is 5.52. The van der Waals surface area contributed by atoms with Crippen molar-refractivity contribution in [2.45, 2.75) is 34.1 Å². The van der Waals surface area contributed by atoms with E-state index in [2.05, 4.69) is 26.2 Å². The van der Waals surface area contributed by atoms with Gasteiger partial charge < -0.3 is 0 Å². The molecule has 0 amide bonds. The van der Waals surface area contributed by atoms with Crippen molar-refractivity contribution in [3.8, 4) is 0 Å². The van der Waals surface area contributed by atoms with Gasteiger partial charge in [0.1, 0.15) is 0 Å². The van der Waals surface area contributed by atoms with E-state index in [4.69, 9.17) is 11.6 Å². The summed E-state index contributed by atoms with van der Waals surface area (Å²) in [7, 11) is 0.500. The maximum Gasteiger partial charge on any atom is 0.0785 e. The van der Waals surface area contributed by atoms with Gasteiger partial charge in [-0.2, -0.15) is 0 Å². The molecular weight excluding hydrogens is 199 g/mol. The number of allylic oxidation sites excluding steroid dienone is 4. The second-order valence-electron chi connectivity index (χ2n) is 1.59. The average Bonchev–Trinajstić information content (AvgIpc) is 2.27. The van der Waals surface area contributed by atoms with Crippen molar-refractivity contribution in [2.24, 2.45) is 0 Å². The average molecular weight is 223 g/mol. The Kier molecular flexibility index (Phi) is 65.4. The van der Waals surface area contributed by atoms with Crippen LogP contribution in [-0.2, 0) is 0 Å². The first kappa shape index (κ1) is 23.3. The van der Waals surface area contributed by atoms with Crippen LogP contribution < -0.4 is 0 Å². The van der Waals surface area contributed by atoms with Crippen LogP contribution >= 0.6 is 11.6 Å². The molecule has 0 heterocycles. The summed E-state index contributed by atoms with van der Waals surface area (Å²) in [5, 5.41) is 0.828. The minimum Gasteiger partial charge on any atom is -0.255 e. The van der Waals surface area contributed by atoms with Crippen molar-refractivity contribution in [1.82, 2.24) is 0 Å². The molecule has 0 aromatic carbocycles. The van der Waals surface area contributed by atoms with Gasteiger partial charge in [-0.05, 0) is 19.4 Å². The Labute approximate surface area is 94.2 Å². The van der Waals surface area contributed by atoms with Crippen LogP contribution in [0.15, 0.2) is 36.4 Å². The molecule has 0 aliphatic carbocycles. The zero-order valence-electron chi connectivity index (χ0n) is 10.1. The summed E-state index contributed by atoms with van der Waals surface area (Å²) in [5.41, 5.74) is 0. The number of rotatable bonds is 2. The molecule has 0 fully saturated rings. The van der Waals surface area contributed by atoms with Crippen LogP contribution in [0.4, 0.5) is 4.39 Å². The third kappa shape index (κ3) is 63.3. The lowest BCUT2D eigenvalue weighted by Crippen LogP contribution is -1.54. The Bertz CT molecular complexity index is 113. The first-order chi connectivity index (χ1) is 6.77. The van der Waals surface area contributed by atoms with E-state index in [0.29, 0.717) is 7.18 Å². The highest BCUT2D eigenvalue weighted by Crippen LogP contribution is 1.97. The Balaban J connectivity index is -0.0000000708. The molecule has 0 rings (SSSR count). The van der Waals surface area contributed by atoms with Crippen molar-refractivity contribution < 1.29 is 4.39 Å². The van der Waals surface area contributed by atoms with E-state index in [9.17, 15) is 4.39 Å². The molecule has 0 atom stereocenters. The second-order valence-corrected chi connectivity index (χ2v) is 2.19. The maximum atomic E-state index is 9.50. The van der Waals surface area contributed by atoms with Gasteiger partial charge in [0.05, 0.1) is 7.18 Å². The molecule has 86 valence electrons. The second kappa shape index (κ2) is 39.3. The summed E-state index contributed by atoms with van der Waals surface area (Å²) < 4.78 is 9.50. The van der Waals surface area contributed by atoms with Crippen LogP contribution in [0.25, 0.3) is 0 Å². The monoisotopic (exact) mass is 222 g/mol. The minimum absolute atomic E-state index is 0.500. The number of hydrogen-bond acceptors (Lipinski definition) is 0. The molecule has 0 nitrogen and oxygen atoms in total. The van der Waals surface area contributed by atoms with Gasteiger partial charge in [0.25, 0.3) is 0 Å². The van der Waals surface area contributed by atoms with Gasteiger partial charge in [-0.25, -0.2) is 0 Å². The topological polar surface area (TPSA) is 0 Å². The molecule has 14 heavy (non-hydrogen) atoms. The van der Waals surface area contributed by atoms with E-state index in [1.807, 2.05) is 32.9 Å². The Morgan fingerprint density at radius 1 is 1.29 bits per heavy atom. The number of halogens is 2. The van der Waals surface area contributed by atoms with Gasteiger partial charge in [0.2, 0.25) is 0 Å². The summed E-state index contributed by atoms with van der Waals surface area (Å²) in [4.78, 5) is 0. The van der Waals surface area contributed by atoms with Crippen LogP contribution in [0.1, 0.15) is 34.1 Å². The van der Waals surface area contributed by atoms with E-state index in [-0.39, 0.29) is 0 Å². The predicted molar refractivity (Wildman–Crippen MR) is 68.7 cm³/mol. The molecule has 0 saturated carbocycles. The molecule has 0 unspecified atom stereocenters. The van der Waals surface area contributed by atoms with Crippen molar-refractivity contribution in [1.29, 1.82) is 0 Å². The lowest BCUT2D eigenvalue weighted by atomic mass is 10.4. The minimum atomic E-state index is 0.500. The van der Waals surface area contributed by atoms with E-state index in [0.717, 1.165) is 11.5 Å². The highest BCUT2D eigenvalue weighted by Gasteiger charge is 1.70. The summed E-state index contributed by atoms with van der Waals surface area (Å²) in [6.07, 6.45) is 6.97. The summed E-state index contributed by atoms with van der Waals surface area (Å²) in [6.45, 7) is 14.0. The molecule has 0 saturated heterocycles. The zero-order chi connectivity index (χ0) is 12.4. The van der Waals surface area contributed by atoms with Gasteiger partial charge >= 0.3 is 0 Å². The first-order valence-electron chi connectivity index (χ1n) is 4.64. The highest BCUT2D eigenvalue weighted by molar-refractivity contribution is 6.29. The molecule has 0 aromatic rings. The molecule has 0 aromatic heterocycles. The van der Waals surface area contributed by atoms with Gasteiger partial charge in [-0.1, -0.05) is 44.5 Å². The lowest BCUT2D eigenvalue weighted by molar-refractivity contribution is 0.636. The fraction of sp³-hybridized carbons (Fsp3) is 0.500. The van der Waals surface area contributed by atoms with Crippen LogP contribution in [0.5, 0.6) is 0 Å². The Morgan fingerprint density at radius 3 is 1.86 bits per heavy atom. The highest BCUT2D eigenvalue weighted by atomic mass is 35.5. The quantitative estimate of drug-likeness (QED) is 0.427. The van der Waals surface area contributed by atoms with Gasteiger partial charge in [-0.15, -0.1) is 13.2 Å². The van der Waals surface area contributed by atoms with Crippen molar-refractivity contribution >= 4 is 11.6 Å². The third-order valence-corrected chi connectivity index (χ3v) is 0.824. The molecule has 0 aliphatic rings. The Morgan fingerprint density at radius 2 is 1.64 bits per heavy atom. The molecule has 0 spiro atoms. The smallest absolute Gasteiger partial charge is 0.0785 e. The molecule has 0 aliphatic heterocycles. The normalized spacial score (nSPS) is 8.64. The molecule has 0 N–H and O–H groups in total. The standard InChI is InChI=1S/C7H11Cl.C2H6.C2H4.CH3F/c1-3-4-5-6-7(2)8;3*1-2/h4-6H,3H2,1-2H3;1-2H3;1-2H2;1H3/b5-4-,7-6+;;;. The van der Waals surface area contributed by atoms with Crippen LogP contribution in [0.3, 0.4) is 0 Å². The Hall–Kier alpha value is -0.560. The van der Waals surface area contributed by atoms with E-state index in [1.54, 1.807) is 0 Å². The summed E-state index contributed by atoms with van der Waals surface area (Å²) in [6, 6.07) is 0. The maximum absolute atomic E-state index is 9.50. The van der Waals surface area contributed by atoms with E-state index >= 15 is 0 Å². The fourth-order valence-electron chi connectivity index (χ4n) is 0.337. The first-order valence-corrected chi connectivity index (χ1v) is 5.02. The summed E-state index contributed by atoms with van der Waals surface area (Å²) in [5.74, 6) is 0. The van der Waals surface area contributed by atoms with Gasteiger partial charge in [0.15, 0.2) is 0 Å². The van der Waals surface area contributed by atoms with Gasteiger partial charge in [0, 0.05) is 5.03 Å². The van der Waals surface area contributed by atoms with Crippen LogP contribution in [0, 0.1) is 0 Å². The molecular formula is C12H24ClF. The predicted octanol–water partition coefficient (Wildman–Crippen LogP) is 5.51.